The standard InChI is InChI=1S/C15H23NO4S/c1-12-10-13(2)16(11-12)21(18,19)15-6-4-14(5-7-15)20-9-3-8-17/h4-7,12-13,17H,3,8-11H2,1-2H3. The van der Waals surface area contributed by atoms with E-state index in [1.807, 2.05) is 6.92 Å². The van der Waals surface area contributed by atoms with Crippen LogP contribution in [0.25, 0.3) is 0 Å². The first-order chi connectivity index (χ1) is 9.95. The Bertz CT molecular complexity index is 556. The van der Waals surface area contributed by atoms with E-state index in [1.54, 1.807) is 28.6 Å². The van der Waals surface area contributed by atoms with E-state index in [4.69, 9.17) is 9.84 Å². The minimum Gasteiger partial charge on any atom is -0.494 e. The third-order valence-corrected chi connectivity index (χ3v) is 5.72. The van der Waals surface area contributed by atoms with Gasteiger partial charge in [0.1, 0.15) is 5.75 Å². The Labute approximate surface area is 126 Å². The van der Waals surface area contributed by atoms with Gasteiger partial charge < -0.3 is 9.84 Å². The second-order valence-corrected chi connectivity index (χ2v) is 7.55. The van der Waals surface area contributed by atoms with E-state index in [9.17, 15) is 8.42 Å². The first-order valence-corrected chi connectivity index (χ1v) is 8.74. The number of aliphatic hydroxyl groups excluding tert-OH is 1. The summed E-state index contributed by atoms with van der Waals surface area (Å²) >= 11 is 0. The average Bonchev–Trinajstić information content (AvgIpc) is 2.79. The maximum Gasteiger partial charge on any atom is 0.243 e. The fourth-order valence-corrected chi connectivity index (χ4v) is 4.46. The number of ether oxygens (including phenoxy) is 1. The highest BCUT2D eigenvalue weighted by Crippen LogP contribution is 2.29. The van der Waals surface area contributed by atoms with Crippen LogP contribution in [0.1, 0.15) is 26.7 Å². The van der Waals surface area contributed by atoms with Gasteiger partial charge in [0.2, 0.25) is 10.0 Å². The summed E-state index contributed by atoms with van der Waals surface area (Å²) in [6, 6.07) is 6.53. The molecule has 0 aliphatic carbocycles. The van der Waals surface area contributed by atoms with Gasteiger partial charge in [-0.25, -0.2) is 8.42 Å². The topological polar surface area (TPSA) is 66.8 Å². The summed E-state index contributed by atoms with van der Waals surface area (Å²) in [6.07, 6.45) is 1.46. The number of aliphatic hydroxyl groups is 1. The Morgan fingerprint density at radius 3 is 2.48 bits per heavy atom. The van der Waals surface area contributed by atoms with Crippen molar-refractivity contribution in [3.05, 3.63) is 24.3 Å². The highest BCUT2D eigenvalue weighted by molar-refractivity contribution is 7.89. The van der Waals surface area contributed by atoms with Crippen LogP contribution in [0.15, 0.2) is 29.2 Å². The molecule has 0 bridgehead atoms. The van der Waals surface area contributed by atoms with Gasteiger partial charge in [-0.2, -0.15) is 4.31 Å². The van der Waals surface area contributed by atoms with Crippen molar-refractivity contribution in [1.29, 1.82) is 0 Å². The van der Waals surface area contributed by atoms with Crippen LogP contribution >= 0.6 is 0 Å². The molecule has 21 heavy (non-hydrogen) atoms. The zero-order valence-electron chi connectivity index (χ0n) is 12.5. The first-order valence-electron chi connectivity index (χ1n) is 7.30. The lowest BCUT2D eigenvalue weighted by atomic mass is 10.1. The predicted octanol–water partition coefficient (Wildman–Crippen LogP) is 1.87. The smallest absolute Gasteiger partial charge is 0.243 e. The molecule has 2 rings (SSSR count). The molecule has 1 aromatic rings. The van der Waals surface area contributed by atoms with Crippen molar-refractivity contribution < 1.29 is 18.3 Å². The number of sulfonamides is 1. The van der Waals surface area contributed by atoms with Crippen LogP contribution in [0.4, 0.5) is 0 Å². The monoisotopic (exact) mass is 313 g/mol. The molecule has 0 saturated carbocycles. The summed E-state index contributed by atoms with van der Waals surface area (Å²) in [5.74, 6) is 1.01. The number of rotatable bonds is 6. The van der Waals surface area contributed by atoms with E-state index in [1.165, 1.54) is 0 Å². The average molecular weight is 313 g/mol. The molecular weight excluding hydrogens is 290 g/mol. The second-order valence-electron chi connectivity index (χ2n) is 5.66. The van der Waals surface area contributed by atoms with Crippen LogP contribution < -0.4 is 4.74 Å². The van der Waals surface area contributed by atoms with Crippen LogP contribution in [0.3, 0.4) is 0 Å². The highest BCUT2D eigenvalue weighted by atomic mass is 32.2. The molecule has 1 aliphatic rings. The fourth-order valence-electron chi connectivity index (χ4n) is 2.69. The van der Waals surface area contributed by atoms with Crippen molar-refractivity contribution in [1.82, 2.24) is 4.31 Å². The Morgan fingerprint density at radius 1 is 1.29 bits per heavy atom. The minimum absolute atomic E-state index is 0.0467. The Kier molecular flexibility index (Phi) is 5.24. The molecule has 0 amide bonds. The third-order valence-electron chi connectivity index (χ3n) is 3.73. The van der Waals surface area contributed by atoms with Crippen LogP contribution in [0.2, 0.25) is 0 Å². The van der Waals surface area contributed by atoms with Crippen molar-refractivity contribution >= 4 is 10.0 Å². The van der Waals surface area contributed by atoms with Crippen LogP contribution in [0, 0.1) is 5.92 Å². The Hall–Kier alpha value is -1.11. The molecule has 1 fully saturated rings. The van der Waals surface area contributed by atoms with E-state index in [-0.39, 0.29) is 12.6 Å². The highest BCUT2D eigenvalue weighted by Gasteiger charge is 2.35. The quantitative estimate of drug-likeness (QED) is 0.814. The number of benzene rings is 1. The van der Waals surface area contributed by atoms with E-state index >= 15 is 0 Å². The van der Waals surface area contributed by atoms with Crippen LogP contribution in [-0.4, -0.2) is 43.6 Å². The molecule has 2 atom stereocenters. The van der Waals surface area contributed by atoms with Gasteiger partial charge in [0, 0.05) is 25.6 Å². The van der Waals surface area contributed by atoms with Gasteiger partial charge in [-0.1, -0.05) is 6.92 Å². The van der Waals surface area contributed by atoms with Gasteiger partial charge in [-0.15, -0.1) is 0 Å². The molecule has 5 nitrogen and oxygen atoms in total. The first kappa shape index (κ1) is 16.3. The molecule has 0 spiro atoms. The molecule has 1 heterocycles. The van der Waals surface area contributed by atoms with Gasteiger partial charge in [0.25, 0.3) is 0 Å². The lowest BCUT2D eigenvalue weighted by Gasteiger charge is -2.21. The zero-order valence-corrected chi connectivity index (χ0v) is 13.3. The van der Waals surface area contributed by atoms with Gasteiger partial charge in [-0.3, -0.25) is 0 Å². The van der Waals surface area contributed by atoms with E-state index in [0.717, 1.165) is 6.42 Å². The molecule has 1 saturated heterocycles. The van der Waals surface area contributed by atoms with Gasteiger partial charge in [-0.05, 0) is 43.5 Å². The van der Waals surface area contributed by atoms with Crippen molar-refractivity contribution in [2.24, 2.45) is 5.92 Å². The number of hydrogen-bond acceptors (Lipinski definition) is 4. The summed E-state index contributed by atoms with van der Waals surface area (Å²) in [5.41, 5.74) is 0. The fraction of sp³-hybridized carbons (Fsp3) is 0.600. The van der Waals surface area contributed by atoms with E-state index < -0.39 is 10.0 Å². The lowest BCUT2D eigenvalue weighted by Crippen LogP contribution is -2.33. The lowest BCUT2D eigenvalue weighted by molar-refractivity contribution is 0.233. The van der Waals surface area contributed by atoms with Gasteiger partial charge in [0.15, 0.2) is 0 Å². The second kappa shape index (κ2) is 6.77. The van der Waals surface area contributed by atoms with Crippen LogP contribution in [0.5, 0.6) is 5.75 Å². The zero-order chi connectivity index (χ0) is 15.5. The number of hydrogen-bond donors (Lipinski definition) is 1. The molecule has 1 N–H and O–H groups in total. The Morgan fingerprint density at radius 2 is 1.95 bits per heavy atom. The molecule has 0 radical (unpaired) electrons. The maximum atomic E-state index is 12.6. The Balaban J connectivity index is 2.10. The normalized spacial score (nSPS) is 23.4. The van der Waals surface area contributed by atoms with Crippen molar-refractivity contribution in [2.45, 2.75) is 37.6 Å². The summed E-state index contributed by atoms with van der Waals surface area (Å²) in [7, 11) is -3.42. The largest absolute Gasteiger partial charge is 0.494 e. The molecule has 1 aliphatic heterocycles. The molecule has 6 heteroatoms. The SMILES string of the molecule is CC1CC(C)N(S(=O)(=O)c2ccc(OCCCO)cc2)C1. The minimum atomic E-state index is -3.42. The molecule has 2 unspecified atom stereocenters. The van der Waals surface area contributed by atoms with Crippen molar-refractivity contribution in [3.8, 4) is 5.75 Å². The summed E-state index contributed by atoms with van der Waals surface area (Å²) in [5, 5.41) is 8.70. The van der Waals surface area contributed by atoms with Crippen molar-refractivity contribution in [2.75, 3.05) is 19.8 Å². The van der Waals surface area contributed by atoms with E-state index in [0.29, 0.717) is 36.1 Å². The maximum absolute atomic E-state index is 12.6. The summed E-state index contributed by atoms with van der Waals surface area (Å²) in [6.45, 7) is 5.11. The molecule has 0 aromatic heterocycles. The van der Waals surface area contributed by atoms with E-state index in [2.05, 4.69) is 6.92 Å². The van der Waals surface area contributed by atoms with Gasteiger partial charge in [0.05, 0.1) is 11.5 Å². The molecule has 118 valence electrons. The molecule has 1 aromatic carbocycles. The predicted molar refractivity (Wildman–Crippen MR) is 80.8 cm³/mol. The van der Waals surface area contributed by atoms with Gasteiger partial charge >= 0.3 is 0 Å². The van der Waals surface area contributed by atoms with Crippen molar-refractivity contribution in [3.63, 3.8) is 0 Å². The van der Waals surface area contributed by atoms with Crippen LogP contribution in [-0.2, 0) is 10.0 Å². The third kappa shape index (κ3) is 3.75. The summed E-state index contributed by atoms with van der Waals surface area (Å²) in [4.78, 5) is 0.304. The number of nitrogens with zero attached hydrogens (tertiary/aromatic N) is 1. The summed E-state index contributed by atoms with van der Waals surface area (Å²) < 4.78 is 32.2. The molecular formula is C15H23NO4S.